The molecule has 0 radical (unpaired) electrons. The normalized spacial score (nSPS) is 16.9. The molecule has 2 rings (SSSR count). The van der Waals surface area contributed by atoms with Gasteiger partial charge in [-0.3, -0.25) is 0 Å². The van der Waals surface area contributed by atoms with Crippen LogP contribution in [0.2, 0.25) is 0 Å². The van der Waals surface area contributed by atoms with Crippen molar-refractivity contribution in [2.24, 2.45) is 5.41 Å². The Morgan fingerprint density at radius 2 is 2.00 bits per heavy atom. The molecular weight excluding hydrogens is 258 g/mol. The van der Waals surface area contributed by atoms with Crippen LogP contribution in [0, 0.1) is 5.41 Å². The summed E-state index contributed by atoms with van der Waals surface area (Å²) in [6.07, 6.45) is 3.65. The van der Waals surface area contributed by atoms with Gasteiger partial charge in [0, 0.05) is 31.4 Å². The topological polar surface area (TPSA) is 28.2 Å². The second-order valence-electron chi connectivity index (χ2n) is 7.49. The number of anilines is 1. The van der Waals surface area contributed by atoms with Gasteiger partial charge in [-0.25, -0.2) is 4.98 Å². The van der Waals surface area contributed by atoms with Gasteiger partial charge >= 0.3 is 0 Å². The highest BCUT2D eigenvalue weighted by Gasteiger charge is 2.25. The highest BCUT2D eigenvalue weighted by Crippen LogP contribution is 2.27. The van der Waals surface area contributed by atoms with Crippen LogP contribution >= 0.6 is 0 Å². The Hall–Kier alpha value is -1.09. The van der Waals surface area contributed by atoms with E-state index in [-0.39, 0.29) is 5.41 Å². The van der Waals surface area contributed by atoms with Gasteiger partial charge in [0.05, 0.1) is 0 Å². The molecule has 1 aromatic heterocycles. The molecule has 21 heavy (non-hydrogen) atoms. The molecule has 1 unspecified atom stereocenters. The summed E-state index contributed by atoms with van der Waals surface area (Å²) in [5.74, 6) is 1.10. The van der Waals surface area contributed by atoms with Crippen molar-refractivity contribution in [1.29, 1.82) is 0 Å². The summed E-state index contributed by atoms with van der Waals surface area (Å²) in [7, 11) is 2.16. The first kappa shape index (κ1) is 16.3. The summed E-state index contributed by atoms with van der Waals surface area (Å²) < 4.78 is 0. The largest absolute Gasteiger partial charge is 0.356 e. The highest BCUT2D eigenvalue weighted by atomic mass is 15.2. The molecular formula is C18H31N3. The first-order chi connectivity index (χ1) is 9.81. The summed E-state index contributed by atoms with van der Waals surface area (Å²) in [6, 6.07) is 5.69. The maximum Gasteiger partial charge on any atom is 0.129 e. The molecule has 1 aliphatic rings. The zero-order valence-electron chi connectivity index (χ0n) is 14.5. The summed E-state index contributed by atoms with van der Waals surface area (Å²) in [4.78, 5) is 7.15. The lowest BCUT2D eigenvalue weighted by Gasteiger charge is -2.36. The lowest BCUT2D eigenvalue weighted by Crippen LogP contribution is -2.40. The maximum absolute atomic E-state index is 4.83. The van der Waals surface area contributed by atoms with Crippen LogP contribution in [0.4, 0.5) is 5.82 Å². The Kier molecular flexibility index (Phi) is 4.92. The minimum absolute atomic E-state index is 0.241. The number of nitrogens with one attached hydrogen (secondary N) is 1. The lowest BCUT2D eigenvalue weighted by atomic mass is 9.87. The molecule has 0 saturated heterocycles. The van der Waals surface area contributed by atoms with E-state index in [2.05, 4.69) is 64.0 Å². The summed E-state index contributed by atoms with van der Waals surface area (Å²) in [5.41, 5.74) is 2.79. The Balaban J connectivity index is 2.18. The summed E-state index contributed by atoms with van der Waals surface area (Å²) in [6.45, 7) is 12.3. The average molecular weight is 289 g/mol. The van der Waals surface area contributed by atoms with Gasteiger partial charge in [-0.1, -0.05) is 27.7 Å². The smallest absolute Gasteiger partial charge is 0.129 e. The molecule has 1 fully saturated rings. The van der Waals surface area contributed by atoms with E-state index in [1.165, 1.54) is 24.1 Å². The monoisotopic (exact) mass is 289 g/mol. The third kappa shape index (κ3) is 4.44. The van der Waals surface area contributed by atoms with E-state index in [1.54, 1.807) is 0 Å². The Morgan fingerprint density at radius 1 is 1.33 bits per heavy atom. The van der Waals surface area contributed by atoms with Crippen LogP contribution in [0.25, 0.3) is 0 Å². The SMILES string of the molecule is CCc1cc(CNC2CC2)cc(N(C)C(C)C(C)(C)C)n1. The standard InChI is InChI=1S/C18H31N3/c1-7-15-10-14(12-19-16-8-9-16)11-17(20-15)21(6)13(2)18(3,4)5/h10-11,13,16,19H,7-9,12H2,1-6H3. The van der Waals surface area contributed by atoms with Crippen LogP contribution in [0.5, 0.6) is 0 Å². The maximum atomic E-state index is 4.83. The zero-order chi connectivity index (χ0) is 15.6. The summed E-state index contributed by atoms with van der Waals surface area (Å²) >= 11 is 0. The predicted octanol–water partition coefficient (Wildman–Crippen LogP) is 3.77. The number of aromatic nitrogens is 1. The van der Waals surface area contributed by atoms with Crippen molar-refractivity contribution >= 4 is 5.82 Å². The number of pyridine rings is 1. The number of hydrogen-bond donors (Lipinski definition) is 1. The van der Waals surface area contributed by atoms with Gasteiger partial charge in [-0.15, -0.1) is 0 Å². The molecule has 0 spiro atoms. The second-order valence-corrected chi connectivity index (χ2v) is 7.49. The van der Waals surface area contributed by atoms with Gasteiger partial charge in [-0.2, -0.15) is 0 Å². The van der Waals surface area contributed by atoms with Crippen molar-refractivity contribution in [1.82, 2.24) is 10.3 Å². The Morgan fingerprint density at radius 3 is 2.52 bits per heavy atom. The number of hydrogen-bond acceptors (Lipinski definition) is 3. The second kappa shape index (κ2) is 6.35. The van der Waals surface area contributed by atoms with Crippen LogP contribution in [0.15, 0.2) is 12.1 Å². The fourth-order valence-corrected chi connectivity index (χ4v) is 2.43. The fraction of sp³-hybridized carbons (Fsp3) is 0.722. The highest BCUT2D eigenvalue weighted by molar-refractivity contribution is 5.43. The molecule has 118 valence electrons. The zero-order valence-corrected chi connectivity index (χ0v) is 14.5. The molecule has 3 nitrogen and oxygen atoms in total. The van der Waals surface area contributed by atoms with E-state index in [0.29, 0.717) is 6.04 Å². The van der Waals surface area contributed by atoms with Gasteiger partial charge in [0.1, 0.15) is 5.82 Å². The van der Waals surface area contributed by atoms with Crippen LogP contribution in [0.1, 0.15) is 58.7 Å². The van der Waals surface area contributed by atoms with E-state index in [0.717, 1.165) is 24.8 Å². The molecule has 0 aliphatic heterocycles. The average Bonchev–Trinajstić information content (AvgIpc) is 3.26. The number of aryl methyl sites for hydroxylation is 1. The number of rotatable bonds is 6. The molecule has 1 N–H and O–H groups in total. The van der Waals surface area contributed by atoms with Crippen LogP contribution in [-0.4, -0.2) is 24.1 Å². The third-order valence-electron chi connectivity index (χ3n) is 4.65. The van der Waals surface area contributed by atoms with Gasteiger partial charge in [0.2, 0.25) is 0 Å². The van der Waals surface area contributed by atoms with Crippen molar-refractivity contribution in [2.75, 3.05) is 11.9 Å². The molecule has 3 heteroatoms. The van der Waals surface area contributed by atoms with Crippen molar-refractivity contribution in [3.05, 3.63) is 23.4 Å². The van der Waals surface area contributed by atoms with Gasteiger partial charge in [0.25, 0.3) is 0 Å². The van der Waals surface area contributed by atoms with Crippen molar-refractivity contribution in [3.8, 4) is 0 Å². The minimum Gasteiger partial charge on any atom is -0.356 e. The van der Waals surface area contributed by atoms with Gasteiger partial charge in [0.15, 0.2) is 0 Å². The van der Waals surface area contributed by atoms with E-state index in [1.807, 2.05) is 0 Å². The molecule has 1 atom stereocenters. The van der Waals surface area contributed by atoms with Gasteiger partial charge < -0.3 is 10.2 Å². The van der Waals surface area contributed by atoms with E-state index < -0.39 is 0 Å². The van der Waals surface area contributed by atoms with Crippen molar-refractivity contribution < 1.29 is 0 Å². The first-order valence-electron chi connectivity index (χ1n) is 8.27. The van der Waals surface area contributed by atoms with Crippen LogP contribution < -0.4 is 10.2 Å². The van der Waals surface area contributed by atoms with Gasteiger partial charge in [-0.05, 0) is 49.3 Å². The quantitative estimate of drug-likeness (QED) is 0.864. The Labute approximate surface area is 130 Å². The molecule has 1 heterocycles. The van der Waals surface area contributed by atoms with Crippen LogP contribution in [-0.2, 0) is 13.0 Å². The number of nitrogens with zero attached hydrogens (tertiary/aromatic N) is 2. The predicted molar refractivity (Wildman–Crippen MR) is 90.8 cm³/mol. The molecule has 1 aromatic rings. The lowest BCUT2D eigenvalue weighted by molar-refractivity contribution is 0.328. The van der Waals surface area contributed by atoms with E-state index >= 15 is 0 Å². The fourth-order valence-electron chi connectivity index (χ4n) is 2.43. The third-order valence-corrected chi connectivity index (χ3v) is 4.65. The molecule has 0 aromatic carbocycles. The minimum atomic E-state index is 0.241. The molecule has 0 amide bonds. The Bertz CT molecular complexity index is 472. The van der Waals surface area contributed by atoms with Crippen molar-refractivity contribution in [3.63, 3.8) is 0 Å². The molecule has 1 aliphatic carbocycles. The molecule has 1 saturated carbocycles. The summed E-state index contributed by atoms with van der Waals surface area (Å²) in [5, 5.41) is 3.60. The van der Waals surface area contributed by atoms with Crippen LogP contribution in [0.3, 0.4) is 0 Å². The first-order valence-corrected chi connectivity index (χ1v) is 8.27. The van der Waals surface area contributed by atoms with E-state index in [9.17, 15) is 0 Å². The van der Waals surface area contributed by atoms with Crippen molar-refractivity contribution in [2.45, 2.75) is 72.5 Å². The van der Waals surface area contributed by atoms with E-state index in [4.69, 9.17) is 4.98 Å². The molecule has 0 bridgehead atoms.